The average molecular weight is 769 g/mol. The van der Waals surface area contributed by atoms with Gasteiger partial charge in [0.25, 0.3) is 11.1 Å². The van der Waals surface area contributed by atoms with Crippen molar-refractivity contribution in [3.05, 3.63) is 94.5 Å². The molecule has 1 aromatic carbocycles. The van der Waals surface area contributed by atoms with Crippen molar-refractivity contribution in [3.8, 4) is 0 Å². The lowest BCUT2D eigenvalue weighted by Crippen LogP contribution is -2.33. The maximum atomic E-state index is 14.7. The van der Waals surface area contributed by atoms with Crippen LogP contribution < -0.4 is 22.5 Å². The molecule has 2 fully saturated rings. The Kier molecular flexibility index (Phi) is 12.4. The third-order valence-electron chi connectivity index (χ3n) is 8.33. The van der Waals surface area contributed by atoms with Crippen LogP contribution in [0.3, 0.4) is 0 Å². The van der Waals surface area contributed by atoms with Crippen LogP contribution in [0.25, 0.3) is 0 Å². The summed E-state index contributed by atoms with van der Waals surface area (Å²) in [5.74, 6) is -0.888. The minimum Gasteiger partial charge on any atom is -0.459 e. The van der Waals surface area contributed by atoms with E-state index in [1.54, 1.807) is 31.2 Å². The Morgan fingerprint density at radius 2 is 1.45 bits per heavy atom. The molecule has 2 aliphatic rings. The number of nitrogens with one attached hydrogen (secondary N) is 2. The second-order valence-corrected chi connectivity index (χ2v) is 16.6. The molecule has 0 saturated carbocycles. The first-order valence-electron chi connectivity index (χ1n) is 16.2. The van der Waals surface area contributed by atoms with Crippen molar-refractivity contribution in [1.82, 2.24) is 19.1 Å². The maximum absolute atomic E-state index is 14.7. The van der Waals surface area contributed by atoms with E-state index in [1.165, 1.54) is 30.8 Å². The van der Waals surface area contributed by atoms with Crippen molar-refractivity contribution in [2.24, 2.45) is 0 Å². The average Bonchev–Trinajstić information content (AvgIpc) is 3.66. The normalized spacial score (nSPS) is 24.3. The Balaban J connectivity index is 1.41. The van der Waals surface area contributed by atoms with Crippen LogP contribution in [0.2, 0.25) is 5.02 Å². The summed E-state index contributed by atoms with van der Waals surface area (Å²) in [7, 11) is 0. The number of aryl methyl sites for hydroxylation is 2. The number of nitrogens with zero attached hydrogens (tertiary/aromatic N) is 2. The van der Waals surface area contributed by atoms with Gasteiger partial charge in [0.15, 0.2) is 0 Å². The Bertz CT molecular complexity index is 2050. The van der Waals surface area contributed by atoms with Gasteiger partial charge in [-0.25, -0.2) is 14.2 Å². The number of hydrogen-bond acceptors (Lipinski definition) is 13. The van der Waals surface area contributed by atoms with E-state index in [4.69, 9.17) is 34.9 Å². The Hall–Kier alpha value is -3.57. The topological polar surface area (TPSA) is 207 Å². The van der Waals surface area contributed by atoms with E-state index in [-0.39, 0.29) is 37.0 Å². The van der Waals surface area contributed by atoms with Crippen LogP contribution in [-0.2, 0) is 37.4 Å². The van der Waals surface area contributed by atoms with Crippen LogP contribution >= 0.6 is 29.8 Å². The maximum Gasteiger partial charge on any atom is 0.394 e. The third-order valence-corrected chi connectivity index (χ3v) is 12.2. The number of carbonyl (C=O) groups is 2. The zero-order valence-electron chi connectivity index (χ0n) is 28.2. The fraction of sp³-hybridized carbons (Fsp3) is 0.500. The lowest BCUT2D eigenvalue weighted by molar-refractivity contribution is -0.153. The van der Waals surface area contributed by atoms with Crippen molar-refractivity contribution in [3.63, 3.8) is 0 Å². The predicted molar refractivity (Wildman–Crippen MR) is 185 cm³/mol. The van der Waals surface area contributed by atoms with Gasteiger partial charge in [0.05, 0.1) is 25.2 Å². The predicted octanol–water partition coefficient (Wildman–Crippen LogP) is 3.93. The van der Waals surface area contributed by atoms with E-state index in [0.717, 1.165) is 15.9 Å². The van der Waals surface area contributed by atoms with Gasteiger partial charge in [0, 0.05) is 52.7 Å². The number of rotatable bonds is 14. The number of Topliss-reactive ketones (excluding diaryl/α,β-unsaturated/α-hetero) is 1. The molecule has 3 unspecified atom stereocenters. The molecule has 0 aliphatic carbocycles. The summed E-state index contributed by atoms with van der Waals surface area (Å²) in [4.78, 5) is 78.4. The number of benzene rings is 1. The molecule has 16 nitrogen and oxygen atoms in total. The summed E-state index contributed by atoms with van der Waals surface area (Å²) in [6, 6.07) is 6.47. The van der Waals surface area contributed by atoms with E-state index in [9.17, 15) is 33.3 Å². The minimum absolute atomic E-state index is 0.0237. The van der Waals surface area contributed by atoms with E-state index < -0.39 is 78.7 Å². The number of esters is 1. The molecule has 51 heavy (non-hydrogen) atoms. The first kappa shape index (κ1) is 38.7. The quantitative estimate of drug-likeness (QED) is 0.176. The highest BCUT2D eigenvalue weighted by molar-refractivity contribution is 8.55. The number of aromatic amines is 2. The second kappa shape index (κ2) is 16.4. The molecule has 5 rings (SSSR count). The number of halogens is 1. The second-order valence-electron chi connectivity index (χ2n) is 12.3. The largest absolute Gasteiger partial charge is 0.459 e. The summed E-state index contributed by atoms with van der Waals surface area (Å²) in [6.45, 7) is 1.63. The Labute approximate surface area is 300 Å². The van der Waals surface area contributed by atoms with Gasteiger partial charge in [0.2, 0.25) is 0 Å². The first-order chi connectivity index (χ1) is 24.1. The van der Waals surface area contributed by atoms with Crippen molar-refractivity contribution in [1.29, 1.82) is 0 Å². The minimum atomic E-state index is -4.19. The van der Waals surface area contributed by atoms with Gasteiger partial charge >= 0.3 is 24.1 Å². The van der Waals surface area contributed by atoms with Crippen molar-refractivity contribution >= 4 is 41.5 Å². The van der Waals surface area contributed by atoms with Crippen LogP contribution in [0.5, 0.6) is 0 Å². The lowest BCUT2D eigenvalue weighted by Gasteiger charge is -2.26. The van der Waals surface area contributed by atoms with Gasteiger partial charge in [-0.2, -0.15) is 0 Å². The number of hydrogen-bond donors (Lipinski definition) is 2. The lowest BCUT2D eigenvalue weighted by atomic mass is 10.1. The SMILES string of the molecule is CC[C@H]1O[C@@H](n2cc(C)c(=O)[nH]c2=O)CC1OP(=O)(OC[C@H]1O[C@@H](n2cc(C)c(=O)[nH]c2=O)CC1OC(=O)CCC(C)=O)Sc1ccc(Cl)cc1. The number of aromatic nitrogens is 4. The van der Waals surface area contributed by atoms with Gasteiger partial charge < -0.3 is 19.0 Å². The van der Waals surface area contributed by atoms with E-state index in [1.807, 2.05) is 6.92 Å². The molecule has 2 aliphatic heterocycles. The Morgan fingerprint density at radius 3 is 2.00 bits per heavy atom. The zero-order chi connectivity index (χ0) is 37.0. The molecular formula is C32H38ClN4O12PS. The Morgan fingerprint density at radius 1 is 0.902 bits per heavy atom. The molecule has 276 valence electrons. The summed E-state index contributed by atoms with van der Waals surface area (Å²) in [5.41, 5.74) is -1.96. The molecule has 0 bridgehead atoms. The summed E-state index contributed by atoms with van der Waals surface area (Å²) < 4.78 is 47.3. The van der Waals surface area contributed by atoms with Gasteiger partial charge in [-0.3, -0.25) is 42.5 Å². The molecule has 4 heterocycles. The summed E-state index contributed by atoms with van der Waals surface area (Å²) >= 11 is 6.88. The van der Waals surface area contributed by atoms with Gasteiger partial charge in [-0.1, -0.05) is 18.5 Å². The monoisotopic (exact) mass is 768 g/mol. The van der Waals surface area contributed by atoms with Crippen LogP contribution in [-0.4, -0.2) is 61.9 Å². The molecule has 2 N–H and O–H groups in total. The zero-order valence-corrected chi connectivity index (χ0v) is 30.7. The molecule has 0 amide bonds. The number of carbonyl (C=O) groups excluding carboxylic acids is 2. The number of ether oxygens (including phenoxy) is 3. The highest BCUT2D eigenvalue weighted by Gasteiger charge is 2.45. The molecule has 2 aromatic heterocycles. The van der Waals surface area contributed by atoms with Crippen molar-refractivity contribution in [2.45, 2.75) is 102 Å². The van der Waals surface area contributed by atoms with Crippen LogP contribution in [0, 0.1) is 13.8 Å². The van der Waals surface area contributed by atoms with E-state index in [0.29, 0.717) is 21.9 Å². The standard InChI is InChI=1S/C32H38ClN4O12PS/c1-5-22-24(13-27(46-22)37-15-18(3)30(41)35-32(37)43)49-50(44,51-21-9-7-20(33)8-10-21)45-16-25-23(48-28(39)11-6-19(4)38)12-26(47-25)36-14-17(2)29(40)34-31(36)42/h7-10,14-15,22-27H,5-6,11-13,16H2,1-4H3,(H,34,40,42)(H,35,41,43)/t22-,23?,24?,25-,26-,27-,50?/m1/s1. The number of ketones is 1. The highest BCUT2D eigenvalue weighted by atomic mass is 35.5. The molecule has 7 atom stereocenters. The molecule has 19 heteroatoms. The third kappa shape index (κ3) is 9.66. The fourth-order valence-corrected chi connectivity index (χ4v) is 9.25. The summed E-state index contributed by atoms with van der Waals surface area (Å²) in [6.07, 6.45) is -2.37. The fourth-order valence-electron chi connectivity index (χ4n) is 5.63. The van der Waals surface area contributed by atoms with Crippen LogP contribution in [0.1, 0.15) is 69.5 Å². The smallest absolute Gasteiger partial charge is 0.394 e. The van der Waals surface area contributed by atoms with Gasteiger partial charge in [-0.15, -0.1) is 0 Å². The number of H-pyrrole nitrogens is 2. The van der Waals surface area contributed by atoms with Crippen LogP contribution in [0.4, 0.5) is 0 Å². The molecule has 0 spiro atoms. The van der Waals surface area contributed by atoms with E-state index in [2.05, 4.69) is 9.97 Å². The van der Waals surface area contributed by atoms with Crippen molar-refractivity contribution < 1.29 is 37.4 Å². The molecular weight excluding hydrogens is 731 g/mol. The summed E-state index contributed by atoms with van der Waals surface area (Å²) in [5, 5.41) is 0.448. The van der Waals surface area contributed by atoms with Crippen molar-refractivity contribution in [2.75, 3.05) is 6.61 Å². The van der Waals surface area contributed by atoms with Gasteiger partial charge in [-0.05, 0) is 62.8 Å². The molecule has 0 radical (unpaired) electrons. The molecule has 3 aromatic rings. The van der Waals surface area contributed by atoms with Crippen LogP contribution in [0.15, 0.2) is 60.7 Å². The first-order valence-corrected chi connectivity index (χ1v) is 19.5. The highest BCUT2D eigenvalue weighted by Crippen LogP contribution is 2.65. The van der Waals surface area contributed by atoms with Gasteiger partial charge in [0.1, 0.15) is 30.4 Å². The molecule has 2 saturated heterocycles. The van der Waals surface area contributed by atoms with E-state index >= 15 is 0 Å².